The van der Waals surface area contributed by atoms with E-state index in [0.717, 1.165) is 4.47 Å². The molecule has 1 aromatic carbocycles. The van der Waals surface area contributed by atoms with Gasteiger partial charge in [0.1, 0.15) is 0 Å². The largest absolute Gasteiger partial charge is 0.290 e. The minimum Gasteiger partial charge on any atom is -0.290 e. The van der Waals surface area contributed by atoms with Gasteiger partial charge in [0.2, 0.25) is 0 Å². The molecule has 9 heavy (non-hydrogen) atoms. The Kier molecular flexibility index (Phi) is 3.83. The lowest BCUT2D eigenvalue weighted by Crippen LogP contribution is -1.59. The van der Waals surface area contributed by atoms with Crippen molar-refractivity contribution in [2.45, 2.75) is 0 Å². The minimum atomic E-state index is 0. The van der Waals surface area contributed by atoms with Crippen LogP contribution in [0.2, 0.25) is 0 Å². The molecule has 1 atom stereocenters. The smallest absolute Gasteiger partial charge is 0.178 e. The van der Waals surface area contributed by atoms with Gasteiger partial charge in [-0.3, -0.25) is 5.11 Å². The SMILES string of the molecule is P.[O]c1ccc(Br)cc1. The number of hydrogen-bond acceptors (Lipinski definition) is 0. The van der Waals surface area contributed by atoms with E-state index in [1.807, 2.05) is 0 Å². The lowest BCUT2D eigenvalue weighted by Gasteiger charge is -1.84. The van der Waals surface area contributed by atoms with Crippen molar-refractivity contribution in [3.05, 3.63) is 28.7 Å². The average molecular weight is 206 g/mol. The summed E-state index contributed by atoms with van der Waals surface area (Å²) in [7, 11) is 0. The lowest BCUT2D eigenvalue weighted by molar-refractivity contribution is 0.355. The number of hydrogen-bond donors (Lipinski definition) is 0. The normalized spacial score (nSPS) is 8.11. The number of benzene rings is 1. The Bertz CT molecular complexity index is 152. The van der Waals surface area contributed by atoms with E-state index >= 15 is 0 Å². The molecule has 0 aromatic heterocycles. The van der Waals surface area contributed by atoms with Crippen LogP contribution in [0.3, 0.4) is 0 Å². The topological polar surface area (TPSA) is 19.9 Å². The Morgan fingerprint density at radius 3 is 1.89 bits per heavy atom. The van der Waals surface area contributed by atoms with E-state index < -0.39 is 0 Å². The Hall–Kier alpha value is -0.0700. The van der Waals surface area contributed by atoms with Crippen LogP contribution >= 0.6 is 25.8 Å². The zero-order valence-electron chi connectivity index (χ0n) is 4.80. The molecule has 0 saturated carbocycles. The minimum absolute atomic E-state index is 0. The molecule has 0 bridgehead atoms. The standard InChI is InChI=1S/C6H4BrO.H3P/c7-5-1-3-6(8)4-2-5;/h1-4H;1H3. The molecule has 1 unspecified atom stereocenters. The quantitative estimate of drug-likeness (QED) is 0.581. The zero-order valence-corrected chi connectivity index (χ0v) is 7.80. The van der Waals surface area contributed by atoms with Crippen molar-refractivity contribution in [3.63, 3.8) is 0 Å². The molecule has 0 aliphatic heterocycles. The maximum absolute atomic E-state index is 10.4. The van der Waals surface area contributed by atoms with E-state index in [0.29, 0.717) is 0 Å². The third-order valence-electron chi connectivity index (χ3n) is 0.814. The van der Waals surface area contributed by atoms with Crippen molar-refractivity contribution < 1.29 is 5.11 Å². The Labute approximate surface area is 65.8 Å². The van der Waals surface area contributed by atoms with Gasteiger partial charge in [-0.15, -0.1) is 0 Å². The molecule has 0 fully saturated rings. The van der Waals surface area contributed by atoms with Gasteiger partial charge in [-0.25, -0.2) is 0 Å². The molecule has 1 rings (SSSR count). The molecule has 1 aromatic rings. The molecular formula is C6H7BrOP. The molecule has 0 saturated heterocycles. The van der Waals surface area contributed by atoms with E-state index in [4.69, 9.17) is 0 Å². The molecule has 49 valence electrons. The van der Waals surface area contributed by atoms with Gasteiger partial charge >= 0.3 is 0 Å². The van der Waals surface area contributed by atoms with Crippen LogP contribution in [0.1, 0.15) is 0 Å². The van der Waals surface area contributed by atoms with Crippen LogP contribution in [0.25, 0.3) is 0 Å². The van der Waals surface area contributed by atoms with Gasteiger partial charge in [0, 0.05) is 4.47 Å². The molecule has 1 nitrogen and oxygen atoms in total. The predicted molar refractivity (Wildman–Crippen MR) is 45.4 cm³/mol. The number of rotatable bonds is 0. The highest BCUT2D eigenvalue weighted by molar-refractivity contribution is 9.10. The first-order valence-corrected chi connectivity index (χ1v) is 3.01. The first kappa shape index (κ1) is 8.93. The van der Waals surface area contributed by atoms with Crippen LogP contribution in [0, 0.1) is 0 Å². The summed E-state index contributed by atoms with van der Waals surface area (Å²) in [5.41, 5.74) is 0. The lowest BCUT2D eigenvalue weighted by atomic mass is 10.3. The number of halogens is 1. The molecule has 0 aliphatic rings. The third kappa shape index (κ3) is 2.83. The van der Waals surface area contributed by atoms with Gasteiger partial charge < -0.3 is 0 Å². The van der Waals surface area contributed by atoms with E-state index in [1.54, 1.807) is 12.1 Å². The molecule has 0 heterocycles. The summed E-state index contributed by atoms with van der Waals surface area (Å²) >= 11 is 3.21. The van der Waals surface area contributed by atoms with Crippen molar-refractivity contribution in [3.8, 4) is 5.75 Å². The summed E-state index contributed by atoms with van der Waals surface area (Å²) in [6.07, 6.45) is 0. The van der Waals surface area contributed by atoms with E-state index in [1.165, 1.54) is 12.1 Å². The third-order valence-corrected chi connectivity index (χ3v) is 1.34. The summed E-state index contributed by atoms with van der Waals surface area (Å²) in [6.45, 7) is 0. The van der Waals surface area contributed by atoms with Crippen LogP contribution < -0.4 is 0 Å². The highest BCUT2D eigenvalue weighted by atomic mass is 79.9. The Morgan fingerprint density at radius 2 is 1.56 bits per heavy atom. The van der Waals surface area contributed by atoms with Crippen molar-refractivity contribution in [1.29, 1.82) is 0 Å². The summed E-state index contributed by atoms with van der Waals surface area (Å²) in [6, 6.07) is 6.48. The maximum Gasteiger partial charge on any atom is 0.178 e. The fourth-order valence-corrected chi connectivity index (χ4v) is 0.699. The van der Waals surface area contributed by atoms with Crippen molar-refractivity contribution in [2.24, 2.45) is 0 Å². The fourth-order valence-electron chi connectivity index (χ4n) is 0.435. The fraction of sp³-hybridized carbons (Fsp3) is 0. The van der Waals surface area contributed by atoms with Crippen LogP contribution in [0.4, 0.5) is 0 Å². The highest BCUT2D eigenvalue weighted by Crippen LogP contribution is 2.14. The van der Waals surface area contributed by atoms with Crippen LogP contribution in [-0.4, -0.2) is 0 Å². The van der Waals surface area contributed by atoms with Gasteiger partial charge in [-0.05, 0) is 24.3 Å². The highest BCUT2D eigenvalue weighted by Gasteiger charge is 1.86. The van der Waals surface area contributed by atoms with Gasteiger partial charge in [-0.2, -0.15) is 9.90 Å². The Morgan fingerprint density at radius 1 is 1.11 bits per heavy atom. The molecule has 0 spiro atoms. The molecule has 0 N–H and O–H groups in total. The second-order valence-corrected chi connectivity index (χ2v) is 2.37. The van der Waals surface area contributed by atoms with Crippen LogP contribution in [0.5, 0.6) is 5.75 Å². The van der Waals surface area contributed by atoms with Crippen molar-refractivity contribution >= 4 is 25.8 Å². The van der Waals surface area contributed by atoms with Crippen LogP contribution in [-0.2, 0) is 5.11 Å². The first-order chi connectivity index (χ1) is 3.79. The average Bonchev–Trinajstić information content (AvgIpc) is 1.77. The summed E-state index contributed by atoms with van der Waals surface area (Å²) < 4.78 is 0.942. The molecular weight excluding hydrogens is 199 g/mol. The monoisotopic (exact) mass is 205 g/mol. The predicted octanol–water partition coefficient (Wildman–Crippen LogP) is 2.65. The first-order valence-electron chi connectivity index (χ1n) is 2.21. The second kappa shape index (κ2) is 3.86. The molecule has 3 heteroatoms. The molecule has 0 amide bonds. The summed E-state index contributed by atoms with van der Waals surface area (Å²) in [4.78, 5) is 0. The maximum atomic E-state index is 10.4. The van der Waals surface area contributed by atoms with E-state index in [9.17, 15) is 5.11 Å². The van der Waals surface area contributed by atoms with Gasteiger partial charge in [0.05, 0.1) is 0 Å². The van der Waals surface area contributed by atoms with Gasteiger partial charge in [0.25, 0.3) is 0 Å². The van der Waals surface area contributed by atoms with Gasteiger partial charge in [0.15, 0.2) is 5.75 Å². The second-order valence-electron chi connectivity index (χ2n) is 1.45. The summed E-state index contributed by atoms with van der Waals surface area (Å²) in [5, 5.41) is 10.4. The van der Waals surface area contributed by atoms with E-state index in [2.05, 4.69) is 15.9 Å². The van der Waals surface area contributed by atoms with Crippen LogP contribution in [0.15, 0.2) is 28.7 Å². The zero-order chi connectivity index (χ0) is 5.98. The molecule has 1 radical (unpaired) electrons. The van der Waals surface area contributed by atoms with E-state index in [-0.39, 0.29) is 15.6 Å². The van der Waals surface area contributed by atoms with Crippen molar-refractivity contribution in [1.82, 2.24) is 0 Å². The Balaban J connectivity index is 0.000000640. The van der Waals surface area contributed by atoms with Gasteiger partial charge in [-0.1, -0.05) is 15.9 Å². The summed E-state index contributed by atoms with van der Waals surface area (Å²) in [5.74, 6) is 0.0493. The van der Waals surface area contributed by atoms with Crippen molar-refractivity contribution in [2.75, 3.05) is 0 Å². The molecule has 0 aliphatic carbocycles.